The highest BCUT2D eigenvalue weighted by Gasteiger charge is 2.27. The highest BCUT2D eigenvalue weighted by molar-refractivity contribution is 6.29. The number of nitrogens with zero attached hydrogens (tertiary/aromatic N) is 2. The fourth-order valence-electron chi connectivity index (χ4n) is 2.17. The van der Waals surface area contributed by atoms with E-state index in [1.54, 1.807) is 6.07 Å². The van der Waals surface area contributed by atoms with E-state index in [1.165, 1.54) is 0 Å². The second-order valence-corrected chi connectivity index (χ2v) is 5.08. The van der Waals surface area contributed by atoms with Crippen LogP contribution in [0.15, 0.2) is 6.07 Å². The van der Waals surface area contributed by atoms with E-state index >= 15 is 0 Å². The second kappa shape index (κ2) is 5.63. The van der Waals surface area contributed by atoms with Gasteiger partial charge in [0.25, 0.3) is 0 Å². The van der Waals surface area contributed by atoms with Crippen molar-refractivity contribution in [3.05, 3.63) is 16.9 Å². The summed E-state index contributed by atoms with van der Waals surface area (Å²) in [6.45, 7) is 4.75. The maximum Gasteiger partial charge on any atom is 0.244 e. The van der Waals surface area contributed by atoms with Gasteiger partial charge in [0.05, 0.1) is 6.04 Å². The van der Waals surface area contributed by atoms with Crippen LogP contribution in [0, 0.1) is 12.8 Å². The smallest absolute Gasteiger partial charge is 0.244 e. The quantitative estimate of drug-likeness (QED) is 0.802. The van der Waals surface area contributed by atoms with E-state index in [1.807, 2.05) is 6.92 Å². The van der Waals surface area contributed by atoms with Gasteiger partial charge in [0.15, 0.2) is 0 Å². The minimum absolute atomic E-state index is 0.0936. The minimum Gasteiger partial charge on any atom is -0.306 e. The Morgan fingerprint density at radius 3 is 3.00 bits per heavy atom. The molecule has 2 rings (SSSR count). The Kier molecular flexibility index (Phi) is 4.14. The van der Waals surface area contributed by atoms with Crippen molar-refractivity contribution in [2.45, 2.75) is 32.7 Å². The molecule has 1 saturated heterocycles. The molecule has 2 heterocycles. The van der Waals surface area contributed by atoms with Crippen LogP contribution in [0.2, 0.25) is 5.15 Å². The van der Waals surface area contributed by atoms with Crippen LogP contribution in [0.1, 0.15) is 25.5 Å². The summed E-state index contributed by atoms with van der Waals surface area (Å²) in [6.07, 6.45) is 2.16. The standard InChI is InChI=1S/C12H17ClN4O/c1-7-4-3-5-14-10(7)11(18)17-12-15-8(2)6-9(13)16-12/h6-7,10,14H,3-5H2,1-2H3,(H,15,16,17,18). The molecule has 1 aliphatic heterocycles. The summed E-state index contributed by atoms with van der Waals surface area (Å²) in [5.41, 5.74) is 0.731. The summed E-state index contributed by atoms with van der Waals surface area (Å²) in [5, 5.41) is 6.27. The van der Waals surface area contributed by atoms with Gasteiger partial charge < -0.3 is 5.32 Å². The van der Waals surface area contributed by atoms with E-state index in [-0.39, 0.29) is 17.9 Å². The molecule has 0 spiro atoms. The molecule has 1 aromatic heterocycles. The lowest BCUT2D eigenvalue weighted by Crippen LogP contribution is -2.48. The lowest BCUT2D eigenvalue weighted by molar-refractivity contribution is -0.119. The number of piperidine rings is 1. The molecule has 18 heavy (non-hydrogen) atoms. The maximum atomic E-state index is 12.1. The van der Waals surface area contributed by atoms with E-state index in [0.717, 1.165) is 25.1 Å². The third-order valence-corrected chi connectivity index (χ3v) is 3.30. The van der Waals surface area contributed by atoms with Crippen LogP contribution >= 0.6 is 11.6 Å². The molecular weight excluding hydrogens is 252 g/mol. The van der Waals surface area contributed by atoms with Crippen LogP contribution in [-0.4, -0.2) is 28.5 Å². The fourth-order valence-corrected chi connectivity index (χ4v) is 2.41. The van der Waals surface area contributed by atoms with Crippen molar-refractivity contribution in [2.75, 3.05) is 11.9 Å². The van der Waals surface area contributed by atoms with Gasteiger partial charge >= 0.3 is 0 Å². The first-order chi connectivity index (χ1) is 8.56. The predicted octanol–water partition coefficient (Wildman–Crippen LogP) is 1.77. The van der Waals surface area contributed by atoms with Gasteiger partial charge in [-0.05, 0) is 38.3 Å². The molecule has 98 valence electrons. The number of halogens is 1. The summed E-state index contributed by atoms with van der Waals surface area (Å²) < 4.78 is 0. The van der Waals surface area contributed by atoms with E-state index in [4.69, 9.17) is 11.6 Å². The number of aryl methyl sites for hydroxylation is 1. The van der Waals surface area contributed by atoms with Gasteiger partial charge in [-0.25, -0.2) is 9.97 Å². The average molecular weight is 269 g/mol. The molecule has 2 N–H and O–H groups in total. The van der Waals surface area contributed by atoms with Gasteiger partial charge in [0.1, 0.15) is 5.15 Å². The molecule has 5 nitrogen and oxygen atoms in total. The van der Waals surface area contributed by atoms with Crippen molar-refractivity contribution < 1.29 is 4.79 Å². The first-order valence-corrected chi connectivity index (χ1v) is 6.49. The summed E-state index contributed by atoms with van der Waals surface area (Å²) in [6, 6.07) is 1.47. The van der Waals surface area contributed by atoms with Crippen molar-refractivity contribution in [3.8, 4) is 0 Å². The summed E-state index contributed by atoms with van der Waals surface area (Å²) in [5.74, 6) is 0.493. The lowest BCUT2D eigenvalue weighted by Gasteiger charge is -2.28. The van der Waals surface area contributed by atoms with Crippen molar-refractivity contribution >= 4 is 23.5 Å². The van der Waals surface area contributed by atoms with Crippen LogP contribution in [0.25, 0.3) is 0 Å². The van der Waals surface area contributed by atoms with Gasteiger partial charge in [0.2, 0.25) is 11.9 Å². The molecule has 0 saturated carbocycles. The zero-order chi connectivity index (χ0) is 13.1. The van der Waals surface area contributed by atoms with E-state index < -0.39 is 0 Å². The van der Waals surface area contributed by atoms with E-state index in [2.05, 4.69) is 27.5 Å². The second-order valence-electron chi connectivity index (χ2n) is 4.70. The zero-order valence-electron chi connectivity index (χ0n) is 10.5. The molecule has 0 aliphatic carbocycles. The van der Waals surface area contributed by atoms with Crippen molar-refractivity contribution in [1.29, 1.82) is 0 Å². The Morgan fingerprint density at radius 2 is 2.33 bits per heavy atom. The van der Waals surface area contributed by atoms with Gasteiger partial charge in [-0.2, -0.15) is 0 Å². The number of aromatic nitrogens is 2. The predicted molar refractivity (Wildman–Crippen MR) is 70.6 cm³/mol. The number of amides is 1. The Balaban J connectivity index is 2.06. The Morgan fingerprint density at radius 1 is 1.56 bits per heavy atom. The summed E-state index contributed by atoms with van der Waals surface area (Å²) >= 11 is 5.83. The summed E-state index contributed by atoms with van der Waals surface area (Å²) in [4.78, 5) is 20.2. The minimum atomic E-state index is -0.179. The Labute approximate surface area is 111 Å². The molecule has 1 aliphatic rings. The molecule has 1 amide bonds. The van der Waals surface area contributed by atoms with Crippen LogP contribution in [0.3, 0.4) is 0 Å². The Hall–Kier alpha value is -1.20. The Bertz CT molecular complexity index is 431. The van der Waals surface area contributed by atoms with Crippen molar-refractivity contribution in [3.63, 3.8) is 0 Å². The van der Waals surface area contributed by atoms with Crippen LogP contribution in [0.5, 0.6) is 0 Å². The molecule has 1 fully saturated rings. The van der Waals surface area contributed by atoms with Gasteiger partial charge in [-0.1, -0.05) is 18.5 Å². The van der Waals surface area contributed by atoms with E-state index in [0.29, 0.717) is 11.1 Å². The topological polar surface area (TPSA) is 66.9 Å². The van der Waals surface area contributed by atoms with Crippen LogP contribution in [0.4, 0.5) is 5.95 Å². The van der Waals surface area contributed by atoms with Crippen molar-refractivity contribution in [2.24, 2.45) is 5.92 Å². The molecular formula is C12H17ClN4O. The molecule has 0 aromatic carbocycles. The highest BCUT2D eigenvalue weighted by Crippen LogP contribution is 2.17. The number of hydrogen-bond donors (Lipinski definition) is 2. The summed E-state index contributed by atoms with van der Waals surface area (Å²) in [7, 11) is 0. The van der Waals surface area contributed by atoms with Gasteiger partial charge in [-0.15, -0.1) is 0 Å². The number of hydrogen-bond acceptors (Lipinski definition) is 4. The van der Waals surface area contributed by atoms with Crippen LogP contribution < -0.4 is 10.6 Å². The average Bonchev–Trinajstić information content (AvgIpc) is 2.27. The first kappa shape index (κ1) is 13.2. The number of carbonyl (C=O) groups excluding carboxylic acids is 1. The zero-order valence-corrected chi connectivity index (χ0v) is 11.3. The largest absolute Gasteiger partial charge is 0.306 e. The normalized spacial score (nSPS) is 23.7. The molecule has 0 bridgehead atoms. The molecule has 2 unspecified atom stereocenters. The molecule has 2 atom stereocenters. The van der Waals surface area contributed by atoms with Gasteiger partial charge in [0, 0.05) is 5.69 Å². The number of nitrogens with one attached hydrogen (secondary N) is 2. The maximum absolute atomic E-state index is 12.1. The third-order valence-electron chi connectivity index (χ3n) is 3.11. The molecule has 6 heteroatoms. The molecule has 0 radical (unpaired) electrons. The number of carbonyl (C=O) groups is 1. The lowest BCUT2D eigenvalue weighted by atomic mass is 9.92. The fraction of sp³-hybridized carbons (Fsp3) is 0.583. The van der Waals surface area contributed by atoms with Crippen molar-refractivity contribution in [1.82, 2.24) is 15.3 Å². The SMILES string of the molecule is Cc1cc(Cl)nc(NC(=O)C2NCCCC2C)n1. The number of anilines is 1. The monoisotopic (exact) mass is 268 g/mol. The number of rotatable bonds is 2. The first-order valence-electron chi connectivity index (χ1n) is 6.11. The van der Waals surface area contributed by atoms with Crippen LogP contribution in [-0.2, 0) is 4.79 Å². The molecule has 1 aromatic rings. The van der Waals surface area contributed by atoms with E-state index in [9.17, 15) is 4.79 Å². The highest BCUT2D eigenvalue weighted by atomic mass is 35.5. The van der Waals surface area contributed by atoms with Gasteiger partial charge in [-0.3, -0.25) is 10.1 Å². The third kappa shape index (κ3) is 3.17.